The van der Waals surface area contributed by atoms with Crippen LogP contribution in [0.2, 0.25) is 0 Å². The Bertz CT molecular complexity index is 406. The summed E-state index contributed by atoms with van der Waals surface area (Å²) in [5, 5.41) is 10.4. The largest absolute Gasteiger partial charge is 0.573 e. The molecule has 0 aliphatic heterocycles. The number of nitro groups is 1. The Hall–Kier alpha value is -1.83. The highest BCUT2D eigenvalue weighted by molar-refractivity contribution is 5.43. The van der Waals surface area contributed by atoms with Crippen LogP contribution in [-0.4, -0.2) is 11.3 Å². The van der Waals surface area contributed by atoms with Crippen molar-refractivity contribution in [3.05, 3.63) is 33.9 Å². The molecule has 0 radical (unpaired) electrons. The van der Waals surface area contributed by atoms with Crippen LogP contribution < -0.4 is 10.5 Å². The van der Waals surface area contributed by atoms with E-state index in [-0.39, 0.29) is 17.8 Å². The predicted molar refractivity (Wildman–Crippen MR) is 47.7 cm³/mol. The van der Waals surface area contributed by atoms with Gasteiger partial charge in [0.15, 0.2) is 0 Å². The molecule has 88 valence electrons. The van der Waals surface area contributed by atoms with E-state index in [2.05, 4.69) is 4.74 Å². The second-order valence-corrected chi connectivity index (χ2v) is 2.80. The minimum absolute atomic E-state index is 0.0773. The van der Waals surface area contributed by atoms with Crippen molar-refractivity contribution in [1.82, 2.24) is 0 Å². The summed E-state index contributed by atoms with van der Waals surface area (Å²) in [4.78, 5) is 9.64. The Balaban J connectivity index is 3.07. The van der Waals surface area contributed by atoms with Gasteiger partial charge in [-0.15, -0.1) is 13.2 Å². The summed E-state index contributed by atoms with van der Waals surface area (Å²) < 4.78 is 39.4. The molecule has 2 N–H and O–H groups in total. The fourth-order valence-corrected chi connectivity index (χ4v) is 1.06. The second-order valence-electron chi connectivity index (χ2n) is 2.80. The molecule has 0 fully saturated rings. The molecule has 1 rings (SSSR count). The average molecular weight is 236 g/mol. The van der Waals surface area contributed by atoms with Gasteiger partial charge >= 0.3 is 6.36 Å². The maximum Gasteiger partial charge on any atom is 0.573 e. The van der Waals surface area contributed by atoms with Gasteiger partial charge in [0.1, 0.15) is 5.75 Å². The molecule has 0 bridgehead atoms. The van der Waals surface area contributed by atoms with Gasteiger partial charge in [0.05, 0.1) is 4.92 Å². The molecule has 0 amide bonds. The summed E-state index contributed by atoms with van der Waals surface area (Å²) in [6.45, 7) is -0.285. The number of hydrogen-bond donors (Lipinski definition) is 1. The zero-order valence-electron chi connectivity index (χ0n) is 7.82. The van der Waals surface area contributed by atoms with Crippen LogP contribution in [-0.2, 0) is 6.54 Å². The monoisotopic (exact) mass is 236 g/mol. The molecule has 0 heterocycles. The van der Waals surface area contributed by atoms with Crippen LogP contribution in [0.25, 0.3) is 0 Å². The first kappa shape index (κ1) is 12.2. The molecule has 0 saturated heterocycles. The summed E-state index contributed by atoms with van der Waals surface area (Å²) in [6, 6.07) is 2.73. The number of rotatable bonds is 3. The van der Waals surface area contributed by atoms with E-state index >= 15 is 0 Å². The highest BCUT2D eigenvalue weighted by Gasteiger charge is 2.32. The van der Waals surface area contributed by atoms with Crippen molar-refractivity contribution in [3.8, 4) is 5.75 Å². The van der Waals surface area contributed by atoms with E-state index in [1.807, 2.05) is 0 Å². The molecule has 0 atom stereocenters. The topological polar surface area (TPSA) is 78.4 Å². The molecule has 8 heteroatoms. The van der Waals surface area contributed by atoms with E-state index in [1.54, 1.807) is 0 Å². The molecule has 0 spiro atoms. The fraction of sp³-hybridized carbons (Fsp3) is 0.250. The number of nitrogens with two attached hydrogens (primary N) is 1. The van der Waals surface area contributed by atoms with Crippen molar-refractivity contribution in [2.75, 3.05) is 0 Å². The molecule has 0 unspecified atom stereocenters. The third kappa shape index (κ3) is 3.09. The van der Waals surface area contributed by atoms with E-state index < -0.39 is 17.0 Å². The quantitative estimate of drug-likeness (QED) is 0.642. The number of non-ortho nitro benzene ring substituents is 1. The second kappa shape index (κ2) is 4.35. The van der Waals surface area contributed by atoms with Crippen LogP contribution in [0.15, 0.2) is 18.2 Å². The van der Waals surface area contributed by atoms with Crippen molar-refractivity contribution in [2.45, 2.75) is 12.9 Å². The van der Waals surface area contributed by atoms with Crippen LogP contribution in [0.3, 0.4) is 0 Å². The lowest BCUT2D eigenvalue weighted by Crippen LogP contribution is -2.18. The number of ether oxygens (including phenoxy) is 1. The summed E-state index contributed by atoms with van der Waals surface area (Å²) in [5.74, 6) is -0.527. The Morgan fingerprint density at radius 2 is 2.06 bits per heavy atom. The molecule has 0 aromatic heterocycles. The van der Waals surface area contributed by atoms with Gasteiger partial charge in [0.2, 0.25) is 0 Å². The molecule has 0 aliphatic rings. The zero-order chi connectivity index (χ0) is 12.3. The SMILES string of the molecule is NCc1cc([N+](=O)[O-])ccc1OC(F)(F)F. The number of halogens is 3. The molecule has 0 aliphatic carbocycles. The van der Waals surface area contributed by atoms with Gasteiger partial charge in [-0.25, -0.2) is 0 Å². The minimum atomic E-state index is -4.85. The van der Waals surface area contributed by atoms with Gasteiger partial charge < -0.3 is 10.5 Å². The van der Waals surface area contributed by atoms with Crippen molar-refractivity contribution in [1.29, 1.82) is 0 Å². The summed E-state index contributed by atoms with van der Waals surface area (Å²) >= 11 is 0. The van der Waals surface area contributed by atoms with Gasteiger partial charge in [-0.1, -0.05) is 0 Å². The Kier molecular flexibility index (Phi) is 3.33. The van der Waals surface area contributed by atoms with Gasteiger partial charge in [0, 0.05) is 24.2 Å². The van der Waals surface area contributed by atoms with Crippen LogP contribution in [0.4, 0.5) is 18.9 Å². The van der Waals surface area contributed by atoms with Crippen molar-refractivity contribution in [3.63, 3.8) is 0 Å². The number of nitrogens with zero attached hydrogens (tertiary/aromatic N) is 1. The van der Waals surface area contributed by atoms with E-state index in [4.69, 9.17) is 5.73 Å². The maximum absolute atomic E-state index is 11.9. The molecule has 1 aromatic carbocycles. The lowest BCUT2D eigenvalue weighted by atomic mass is 10.2. The van der Waals surface area contributed by atoms with E-state index in [0.29, 0.717) is 0 Å². The Morgan fingerprint density at radius 3 is 2.50 bits per heavy atom. The van der Waals surface area contributed by atoms with Gasteiger partial charge in [-0.05, 0) is 6.07 Å². The fourth-order valence-electron chi connectivity index (χ4n) is 1.06. The van der Waals surface area contributed by atoms with Gasteiger partial charge in [-0.3, -0.25) is 10.1 Å². The van der Waals surface area contributed by atoms with Crippen LogP contribution in [0, 0.1) is 10.1 Å². The van der Waals surface area contributed by atoms with Crippen LogP contribution >= 0.6 is 0 Å². The highest BCUT2D eigenvalue weighted by Crippen LogP contribution is 2.28. The first-order chi connectivity index (χ1) is 7.33. The van der Waals surface area contributed by atoms with Crippen LogP contribution in [0.5, 0.6) is 5.75 Å². The first-order valence-electron chi connectivity index (χ1n) is 4.06. The summed E-state index contributed by atoms with van der Waals surface area (Å²) in [7, 11) is 0. The number of nitro benzene ring substituents is 1. The highest BCUT2D eigenvalue weighted by atomic mass is 19.4. The molecule has 16 heavy (non-hydrogen) atoms. The minimum Gasteiger partial charge on any atom is -0.405 e. The predicted octanol–water partition coefficient (Wildman–Crippen LogP) is 1.95. The van der Waals surface area contributed by atoms with Crippen LogP contribution in [0.1, 0.15) is 5.56 Å². The average Bonchev–Trinajstić information content (AvgIpc) is 2.15. The third-order valence-electron chi connectivity index (χ3n) is 1.70. The zero-order valence-corrected chi connectivity index (χ0v) is 7.82. The standard InChI is InChI=1S/C8H7F3N2O3/c9-8(10,11)16-7-2-1-6(13(14)15)3-5(7)4-12/h1-3H,4,12H2. The van der Waals surface area contributed by atoms with E-state index in [0.717, 1.165) is 18.2 Å². The van der Waals surface area contributed by atoms with Gasteiger partial charge in [-0.2, -0.15) is 0 Å². The summed E-state index contributed by atoms with van der Waals surface area (Å²) in [5.41, 5.74) is 4.75. The molecule has 1 aromatic rings. The molecular weight excluding hydrogens is 229 g/mol. The number of hydrogen-bond acceptors (Lipinski definition) is 4. The van der Waals surface area contributed by atoms with E-state index in [1.165, 1.54) is 0 Å². The lowest BCUT2D eigenvalue weighted by Gasteiger charge is -2.11. The number of benzene rings is 1. The molecule has 0 saturated carbocycles. The lowest BCUT2D eigenvalue weighted by molar-refractivity contribution is -0.385. The smallest absolute Gasteiger partial charge is 0.405 e. The van der Waals surface area contributed by atoms with Crippen molar-refractivity contribution in [2.24, 2.45) is 5.73 Å². The van der Waals surface area contributed by atoms with Crippen molar-refractivity contribution < 1.29 is 22.8 Å². The molecular formula is C8H7F3N2O3. The normalized spacial score (nSPS) is 11.2. The van der Waals surface area contributed by atoms with Gasteiger partial charge in [0.25, 0.3) is 5.69 Å². The Morgan fingerprint density at radius 1 is 1.44 bits per heavy atom. The maximum atomic E-state index is 11.9. The summed E-state index contributed by atoms with van der Waals surface area (Å²) in [6.07, 6.45) is -4.85. The first-order valence-corrected chi connectivity index (χ1v) is 4.06. The third-order valence-corrected chi connectivity index (χ3v) is 1.70. The Labute approximate surface area is 87.8 Å². The van der Waals surface area contributed by atoms with E-state index in [9.17, 15) is 23.3 Å². The number of alkyl halides is 3. The van der Waals surface area contributed by atoms with Crippen molar-refractivity contribution >= 4 is 5.69 Å². The molecule has 5 nitrogen and oxygen atoms in total.